The van der Waals surface area contributed by atoms with E-state index in [0.717, 1.165) is 17.8 Å². The van der Waals surface area contributed by atoms with E-state index in [-0.39, 0.29) is 17.3 Å². The van der Waals surface area contributed by atoms with Crippen molar-refractivity contribution in [2.24, 2.45) is 0 Å². The topological polar surface area (TPSA) is 106 Å². The van der Waals surface area contributed by atoms with Crippen LogP contribution in [0.5, 0.6) is 0 Å². The lowest BCUT2D eigenvalue weighted by Gasteiger charge is -2.26. The highest BCUT2D eigenvalue weighted by Gasteiger charge is 2.27. The average Bonchev–Trinajstić information content (AvgIpc) is 3.13. The molecule has 32 heavy (non-hydrogen) atoms. The number of aromatic nitrogens is 2. The molecular formula is C21H33N5O5S. The number of fused-ring (bicyclic) bond motifs is 1. The molecule has 0 aliphatic carbocycles. The quantitative estimate of drug-likeness (QED) is 0.484. The molecular weight excluding hydrogens is 434 g/mol. The van der Waals surface area contributed by atoms with Gasteiger partial charge in [0.2, 0.25) is 15.9 Å². The summed E-state index contributed by atoms with van der Waals surface area (Å²) in [6.07, 6.45) is 0.771. The zero-order valence-corrected chi connectivity index (χ0v) is 19.9. The van der Waals surface area contributed by atoms with Crippen molar-refractivity contribution in [1.29, 1.82) is 0 Å². The van der Waals surface area contributed by atoms with Crippen molar-refractivity contribution in [2.75, 3.05) is 60.2 Å². The maximum atomic E-state index is 13.0. The van der Waals surface area contributed by atoms with Crippen LogP contribution in [0.4, 0.5) is 0 Å². The van der Waals surface area contributed by atoms with Gasteiger partial charge in [0.15, 0.2) is 0 Å². The number of methoxy groups -OCH3 is 1. The number of hydrogen-bond donors (Lipinski definition) is 1. The van der Waals surface area contributed by atoms with Gasteiger partial charge in [-0.15, -0.1) is 0 Å². The Kier molecular flexibility index (Phi) is 8.60. The molecule has 0 radical (unpaired) electrons. The largest absolute Gasteiger partial charge is 0.385 e. The molecule has 11 heteroatoms. The highest BCUT2D eigenvalue weighted by molar-refractivity contribution is 7.89. The standard InChI is InChI=1S/C21H33N5O5S/c1-4-26-19-7-6-17(32(28,29)25-9-12-31-13-10-25)14-18(19)23-20(26)15-24(2)16-21(27)22-8-5-11-30-3/h6-7,14H,4-5,8-13,15-16H2,1-3H3,(H,22,27). The molecule has 1 amide bonds. The second-order valence-electron chi connectivity index (χ2n) is 7.81. The normalized spacial score (nSPS) is 15.5. The van der Waals surface area contributed by atoms with Crippen molar-refractivity contribution in [3.8, 4) is 0 Å². The second kappa shape index (κ2) is 11.2. The summed E-state index contributed by atoms with van der Waals surface area (Å²) in [5.74, 6) is 0.736. The van der Waals surface area contributed by atoms with E-state index >= 15 is 0 Å². The average molecular weight is 468 g/mol. The first-order valence-corrected chi connectivity index (χ1v) is 12.3. The van der Waals surface area contributed by atoms with Crippen LogP contribution in [0.3, 0.4) is 0 Å². The number of benzene rings is 1. The summed E-state index contributed by atoms with van der Waals surface area (Å²) in [6.45, 7) is 6.14. The van der Waals surface area contributed by atoms with Gasteiger partial charge in [0.05, 0.1) is 42.2 Å². The van der Waals surface area contributed by atoms with Crippen molar-refractivity contribution in [2.45, 2.75) is 31.3 Å². The Hall–Kier alpha value is -2.05. The van der Waals surface area contributed by atoms with Crippen molar-refractivity contribution < 1.29 is 22.7 Å². The second-order valence-corrected chi connectivity index (χ2v) is 9.75. The van der Waals surface area contributed by atoms with Gasteiger partial charge >= 0.3 is 0 Å². The van der Waals surface area contributed by atoms with Gasteiger partial charge in [-0.05, 0) is 38.6 Å². The van der Waals surface area contributed by atoms with Crippen molar-refractivity contribution in [1.82, 2.24) is 24.1 Å². The Balaban J connectivity index is 1.73. The molecule has 1 aromatic heterocycles. The molecule has 1 aromatic carbocycles. The first kappa shape index (κ1) is 24.6. The number of carbonyl (C=O) groups is 1. The number of hydrogen-bond acceptors (Lipinski definition) is 7. The number of morpholine rings is 1. The predicted octanol–water partition coefficient (Wildman–Crippen LogP) is 0.662. The summed E-state index contributed by atoms with van der Waals surface area (Å²) in [4.78, 5) is 19.0. The van der Waals surface area contributed by atoms with Gasteiger partial charge in [-0.1, -0.05) is 0 Å². The fourth-order valence-corrected chi connectivity index (χ4v) is 5.20. The van der Waals surface area contributed by atoms with E-state index in [1.807, 2.05) is 29.5 Å². The third-order valence-electron chi connectivity index (χ3n) is 5.40. The minimum absolute atomic E-state index is 0.0540. The SMILES string of the molecule is CCn1c(CN(C)CC(=O)NCCCOC)nc2cc(S(=O)(=O)N3CCOCC3)ccc21. The fourth-order valence-electron chi connectivity index (χ4n) is 3.77. The lowest BCUT2D eigenvalue weighted by Crippen LogP contribution is -2.40. The van der Waals surface area contributed by atoms with Crippen LogP contribution >= 0.6 is 0 Å². The molecule has 0 unspecified atom stereocenters. The van der Waals surface area contributed by atoms with Crippen LogP contribution in [0.1, 0.15) is 19.2 Å². The number of sulfonamides is 1. The summed E-state index contributed by atoms with van der Waals surface area (Å²) in [5.41, 5.74) is 1.51. The van der Waals surface area contributed by atoms with E-state index < -0.39 is 10.0 Å². The monoisotopic (exact) mass is 467 g/mol. The Bertz CT molecular complexity index is 1020. The number of imidazole rings is 1. The first-order valence-electron chi connectivity index (χ1n) is 10.9. The van der Waals surface area contributed by atoms with E-state index in [9.17, 15) is 13.2 Å². The lowest BCUT2D eigenvalue weighted by molar-refractivity contribution is -0.122. The van der Waals surface area contributed by atoms with Crippen LogP contribution < -0.4 is 5.32 Å². The summed E-state index contributed by atoms with van der Waals surface area (Å²) >= 11 is 0. The minimum atomic E-state index is -3.58. The maximum absolute atomic E-state index is 13.0. The molecule has 2 heterocycles. The number of rotatable bonds is 11. The zero-order chi connectivity index (χ0) is 23.1. The summed E-state index contributed by atoms with van der Waals surface area (Å²) in [5, 5.41) is 2.88. The van der Waals surface area contributed by atoms with Crippen LogP contribution in [0.25, 0.3) is 11.0 Å². The highest BCUT2D eigenvalue weighted by atomic mass is 32.2. The molecule has 10 nitrogen and oxygen atoms in total. The van der Waals surface area contributed by atoms with Gasteiger partial charge < -0.3 is 19.4 Å². The fraction of sp³-hybridized carbons (Fsp3) is 0.619. The Morgan fingerprint density at radius 1 is 1.31 bits per heavy atom. The molecule has 1 N–H and O–H groups in total. The Labute approximate surface area is 189 Å². The number of ether oxygens (including phenoxy) is 2. The van der Waals surface area contributed by atoms with E-state index in [1.54, 1.807) is 19.2 Å². The first-order chi connectivity index (χ1) is 15.4. The van der Waals surface area contributed by atoms with Gasteiger partial charge in [-0.2, -0.15) is 4.31 Å². The predicted molar refractivity (Wildman–Crippen MR) is 121 cm³/mol. The molecule has 0 spiro atoms. The van der Waals surface area contributed by atoms with Gasteiger partial charge in [0, 0.05) is 39.9 Å². The third-order valence-corrected chi connectivity index (χ3v) is 7.29. The van der Waals surface area contributed by atoms with Crippen LogP contribution in [0.15, 0.2) is 23.1 Å². The number of nitrogens with one attached hydrogen (secondary N) is 1. The van der Waals surface area contributed by atoms with Gasteiger partial charge in [-0.25, -0.2) is 13.4 Å². The molecule has 1 saturated heterocycles. The molecule has 1 fully saturated rings. The van der Waals surface area contributed by atoms with Crippen LogP contribution in [-0.4, -0.2) is 93.2 Å². The van der Waals surface area contributed by atoms with Crippen molar-refractivity contribution >= 4 is 27.0 Å². The van der Waals surface area contributed by atoms with Crippen molar-refractivity contribution in [3.05, 3.63) is 24.0 Å². The Morgan fingerprint density at radius 2 is 2.06 bits per heavy atom. The number of aryl methyl sites for hydroxylation is 1. The molecule has 178 valence electrons. The van der Waals surface area contributed by atoms with Crippen molar-refractivity contribution in [3.63, 3.8) is 0 Å². The smallest absolute Gasteiger partial charge is 0.243 e. The lowest BCUT2D eigenvalue weighted by atomic mass is 10.3. The van der Waals surface area contributed by atoms with Gasteiger partial charge in [0.25, 0.3) is 0 Å². The summed E-state index contributed by atoms with van der Waals surface area (Å²) < 4.78 is 39.7. The van der Waals surface area contributed by atoms with Crippen LogP contribution in [0, 0.1) is 0 Å². The molecule has 1 aliphatic heterocycles. The van der Waals surface area contributed by atoms with E-state index in [1.165, 1.54) is 4.31 Å². The number of carbonyl (C=O) groups excluding carboxylic acids is 1. The molecule has 1 aliphatic rings. The van der Waals surface area contributed by atoms with Gasteiger partial charge in [0.1, 0.15) is 5.82 Å². The van der Waals surface area contributed by atoms with Crippen LogP contribution in [0.2, 0.25) is 0 Å². The zero-order valence-electron chi connectivity index (χ0n) is 19.0. The van der Waals surface area contributed by atoms with E-state index in [4.69, 9.17) is 14.5 Å². The molecule has 0 atom stereocenters. The number of likely N-dealkylation sites (N-methyl/N-ethyl adjacent to an activating group) is 1. The molecule has 3 rings (SSSR count). The maximum Gasteiger partial charge on any atom is 0.243 e. The molecule has 0 saturated carbocycles. The number of amides is 1. The van der Waals surface area contributed by atoms with E-state index in [2.05, 4.69) is 5.32 Å². The third kappa shape index (κ3) is 5.84. The Morgan fingerprint density at radius 3 is 2.75 bits per heavy atom. The summed E-state index contributed by atoms with van der Waals surface area (Å²) in [7, 11) is -0.0853. The number of nitrogens with zero attached hydrogens (tertiary/aromatic N) is 4. The molecule has 2 aromatic rings. The van der Waals surface area contributed by atoms with E-state index in [0.29, 0.717) is 58.1 Å². The van der Waals surface area contributed by atoms with Gasteiger partial charge in [-0.3, -0.25) is 9.69 Å². The highest BCUT2D eigenvalue weighted by Crippen LogP contribution is 2.24. The molecule has 0 bridgehead atoms. The summed E-state index contributed by atoms with van der Waals surface area (Å²) in [6, 6.07) is 5.09. The minimum Gasteiger partial charge on any atom is -0.385 e. The van der Waals surface area contributed by atoms with Crippen LogP contribution in [-0.2, 0) is 37.4 Å².